The monoisotopic (exact) mass is 355 g/mol. The molecule has 1 fully saturated rings. The van der Waals surface area contributed by atoms with Crippen LogP contribution in [0.3, 0.4) is 0 Å². The van der Waals surface area contributed by atoms with Gasteiger partial charge in [-0.25, -0.2) is 0 Å². The number of likely N-dealkylation sites (tertiary alicyclic amines) is 1. The van der Waals surface area contributed by atoms with E-state index in [0.29, 0.717) is 10.5 Å². The van der Waals surface area contributed by atoms with Crippen molar-refractivity contribution in [2.45, 2.75) is 26.1 Å². The van der Waals surface area contributed by atoms with Crippen LogP contribution in [0.2, 0.25) is 0 Å². The number of rotatable bonds is 3. The first kappa shape index (κ1) is 16.9. The van der Waals surface area contributed by atoms with Crippen molar-refractivity contribution < 1.29 is 18.0 Å². The van der Waals surface area contributed by atoms with Crippen molar-refractivity contribution in [1.82, 2.24) is 9.47 Å². The van der Waals surface area contributed by atoms with E-state index in [1.807, 2.05) is 6.20 Å². The maximum atomic E-state index is 12.7. The molecule has 0 radical (unpaired) electrons. The standard InChI is InChI=1S/C16H16F3N3OS/c1-11(23)20-15-22(10-14(24-15)9-21-7-2-8-21)13-5-3-12(4-6-13)16(17,18)19/h3-6,10H,2,7-9H2,1H3/b20-15-. The van der Waals surface area contributed by atoms with Gasteiger partial charge in [-0.3, -0.25) is 14.3 Å². The number of nitrogens with zero attached hydrogens (tertiary/aromatic N) is 3. The van der Waals surface area contributed by atoms with Gasteiger partial charge in [0.05, 0.1) is 5.56 Å². The van der Waals surface area contributed by atoms with E-state index in [0.717, 1.165) is 36.6 Å². The molecular weight excluding hydrogens is 339 g/mol. The van der Waals surface area contributed by atoms with E-state index < -0.39 is 11.7 Å². The van der Waals surface area contributed by atoms with E-state index in [-0.39, 0.29) is 5.91 Å². The third-order valence-corrected chi connectivity index (χ3v) is 4.72. The minimum Gasteiger partial charge on any atom is -0.298 e. The van der Waals surface area contributed by atoms with Gasteiger partial charge in [0.15, 0.2) is 4.80 Å². The molecule has 128 valence electrons. The molecule has 1 saturated heterocycles. The van der Waals surface area contributed by atoms with Crippen LogP contribution in [0.5, 0.6) is 0 Å². The van der Waals surface area contributed by atoms with Crippen molar-refractivity contribution in [3.8, 4) is 5.69 Å². The minimum atomic E-state index is -4.37. The average Bonchev–Trinajstić information content (AvgIpc) is 2.84. The number of carbonyl (C=O) groups excluding carboxylic acids is 1. The molecule has 0 aliphatic carbocycles. The van der Waals surface area contributed by atoms with Gasteiger partial charge in [0, 0.05) is 30.2 Å². The van der Waals surface area contributed by atoms with Gasteiger partial charge in [0.2, 0.25) is 5.91 Å². The molecule has 0 unspecified atom stereocenters. The second-order valence-electron chi connectivity index (χ2n) is 5.66. The molecule has 1 aromatic carbocycles. The van der Waals surface area contributed by atoms with Crippen molar-refractivity contribution in [2.75, 3.05) is 13.1 Å². The Hall–Kier alpha value is -1.93. The maximum Gasteiger partial charge on any atom is 0.416 e. The molecule has 0 bridgehead atoms. The molecule has 1 aliphatic rings. The van der Waals surface area contributed by atoms with Crippen LogP contribution >= 0.6 is 11.3 Å². The number of thiazole rings is 1. The highest BCUT2D eigenvalue weighted by atomic mass is 32.1. The van der Waals surface area contributed by atoms with Gasteiger partial charge in [-0.1, -0.05) is 11.3 Å². The topological polar surface area (TPSA) is 37.6 Å². The molecule has 24 heavy (non-hydrogen) atoms. The third kappa shape index (κ3) is 3.76. The van der Waals surface area contributed by atoms with Crippen molar-refractivity contribution in [2.24, 2.45) is 4.99 Å². The summed E-state index contributed by atoms with van der Waals surface area (Å²) < 4.78 is 39.7. The van der Waals surface area contributed by atoms with Gasteiger partial charge in [0.1, 0.15) is 0 Å². The number of benzene rings is 1. The third-order valence-electron chi connectivity index (χ3n) is 3.76. The van der Waals surface area contributed by atoms with E-state index >= 15 is 0 Å². The predicted molar refractivity (Wildman–Crippen MR) is 84.8 cm³/mol. The van der Waals surface area contributed by atoms with E-state index in [1.54, 1.807) is 4.57 Å². The normalized spacial score (nSPS) is 16.2. The van der Waals surface area contributed by atoms with Crippen molar-refractivity contribution in [3.63, 3.8) is 0 Å². The van der Waals surface area contributed by atoms with Crippen molar-refractivity contribution >= 4 is 17.2 Å². The Kier molecular flexibility index (Phi) is 4.60. The Balaban J connectivity index is 1.97. The summed E-state index contributed by atoms with van der Waals surface area (Å²) in [4.78, 5) is 19.1. The predicted octanol–water partition coefficient (Wildman–Crippen LogP) is 3.21. The Morgan fingerprint density at radius 3 is 2.42 bits per heavy atom. The lowest BCUT2D eigenvalue weighted by atomic mass is 10.2. The molecule has 1 aliphatic heterocycles. The fourth-order valence-corrected chi connectivity index (χ4v) is 3.50. The molecule has 2 heterocycles. The Morgan fingerprint density at radius 2 is 1.92 bits per heavy atom. The van der Waals surface area contributed by atoms with Crippen LogP contribution in [0.25, 0.3) is 5.69 Å². The van der Waals surface area contributed by atoms with Gasteiger partial charge in [-0.2, -0.15) is 18.2 Å². The summed E-state index contributed by atoms with van der Waals surface area (Å²) in [5.41, 5.74) is -0.151. The summed E-state index contributed by atoms with van der Waals surface area (Å²) >= 11 is 1.38. The van der Waals surface area contributed by atoms with Crippen LogP contribution in [0, 0.1) is 0 Å². The number of carbonyl (C=O) groups is 1. The Labute approximate surface area is 140 Å². The van der Waals surface area contributed by atoms with Crippen LogP contribution < -0.4 is 4.80 Å². The largest absolute Gasteiger partial charge is 0.416 e. The lowest BCUT2D eigenvalue weighted by Gasteiger charge is -2.29. The molecule has 0 spiro atoms. The fraction of sp³-hybridized carbons (Fsp3) is 0.375. The first-order valence-electron chi connectivity index (χ1n) is 7.49. The number of hydrogen-bond acceptors (Lipinski definition) is 3. The summed E-state index contributed by atoms with van der Waals surface area (Å²) in [5, 5.41) is 0. The molecule has 4 nitrogen and oxygen atoms in total. The molecular formula is C16H16F3N3OS. The molecule has 0 atom stereocenters. The fourth-order valence-electron chi connectivity index (χ4n) is 2.43. The Morgan fingerprint density at radius 1 is 1.25 bits per heavy atom. The van der Waals surface area contributed by atoms with Crippen molar-refractivity contribution in [3.05, 3.63) is 45.7 Å². The first-order chi connectivity index (χ1) is 11.3. The highest BCUT2D eigenvalue weighted by Crippen LogP contribution is 2.29. The summed E-state index contributed by atoms with van der Waals surface area (Å²) in [6.07, 6.45) is -1.35. The van der Waals surface area contributed by atoms with Crippen LogP contribution in [-0.4, -0.2) is 28.5 Å². The SMILES string of the molecule is CC(=O)/N=c1\sc(CN2CCC2)cn1-c1ccc(C(F)(F)F)cc1. The van der Waals surface area contributed by atoms with E-state index in [9.17, 15) is 18.0 Å². The summed E-state index contributed by atoms with van der Waals surface area (Å²) in [6, 6.07) is 4.85. The molecule has 3 rings (SSSR count). The van der Waals surface area contributed by atoms with Gasteiger partial charge in [0.25, 0.3) is 0 Å². The van der Waals surface area contributed by atoms with Gasteiger partial charge in [-0.15, -0.1) is 0 Å². The number of halogens is 3. The second-order valence-corrected chi connectivity index (χ2v) is 6.75. The zero-order valence-corrected chi connectivity index (χ0v) is 13.8. The quantitative estimate of drug-likeness (QED) is 0.848. The molecule has 1 amide bonds. The van der Waals surface area contributed by atoms with Crippen molar-refractivity contribution in [1.29, 1.82) is 0 Å². The summed E-state index contributed by atoms with van der Waals surface area (Å²) in [5.74, 6) is -0.340. The smallest absolute Gasteiger partial charge is 0.298 e. The maximum absolute atomic E-state index is 12.7. The van der Waals surface area contributed by atoms with Crippen LogP contribution in [0.4, 0.5) is 13.2 Å². The number of aromatic nitrogens is 1. The lowest BCUT2D eigenvalue weighted by Crippen LogP contribution is -2.35. The van der Waals surface area contributed by atoms with E-state index in [4.69, 9.17) is 0 Å². The van der Waals surface area contributed by atoms with E-state index in [2.05, 4.69) is 9.89 Å². The van der Waals surface area contributed by atoms with Crippen LogP contribution in [-0.2, 0) is 17.5 Å². The first-order valence-corrected chi connectivity index (χ1v) is 8.31. The number of amides is 1. The summed E-state index contributed by atoms with van der Waals surface area (Å²) in [7, 11) is 0. The number of hydrogen-bond donors (Lipinski definition) is 0. The second kappa shape index (κ2) is 6.52. The highest BCUT2D eigenvalue weighted by Gasteiger charge is 2.30. The van der Waals surface area contributed by atoms with Gasteiger partial charge >= 0.3 is 6.18 Å². The van der Waals surface area contributed by atoms with Crippen LogP contribution in [0.1, 0.15) is 23.8 Å². The molecule has 0 saturated carbocycles. The average molecular weight is 355 g/mol. The summed E-state index contributed by atoms with van der Waals surface area (Å²) in [6.45, 7) is 4.19. The van der Waals surface area contributed by atoms with E-state index in [1.165, 1.54) is 36.8 Å². The zero-order valence-electron chi connectivity index (χ0n) is 13.0. The number of alkyl halides is 3. The zero-order chi connectivity index (χ0) is 17.3. The minimum absolute atomic E-state index is 0.340. The lowest BCUT2D eigenvalue weighted by molar-refractivity contribution is -0.137. The molecule has 1 aromatic heterocycles. The Bertz CT molecular complexity index is 801. The molecule has 0 N–H and O–H groups in total. The molecule has 2 aromatic rings. The van der Waals surface area contributed by atoms with Gasteiger partial charge in [-0.05, 0) is 43.8 Å². The highest BCUT2D eigenvalue weighted by molar-refractivity contribution is 7.09. The van der Waals surface area contributed by atoms with Gasteiger partial charge < -0.3 is 0 Å². The van der Waals surface area contributed by atoms with Crippen LogP contribution in [0.15, 0.2) is 35.5 Å². The molecule has 8 heteroatoms.